The summed E-state index contributed by atoms with van der Waals surface area (Å²) in [5.41, 5.74) is 4.12. The van der Waals surface area contributed by atoms with Gasteiger partial charge in [-0.2, -0.15) is 0 Å². The molecule has 0 bridgehead atoms. The van der Waals surface area contributed by atoms with Crippen molar-refractivity contribution in [2.45, 2.75) is 39.2 Å². The first-order valence-electron chi connectivity index (χ1n) is 4.76. The van der Waals surface area contributed by atoms with Crippen molar-refractivity contribution in [3.63, 3.8) is 0 Å². The average Bonchev–Trinajstić information content (AvgIpc) is 2.22. The second-order valence-corrected chi connectivity index (χ2v) is 4.90. The Bertz CT molecular complexity index is 221. The molecule has 0 spiro atoms. The summed E-state index contributed by atoms with van der Waals surface area (Å²) in [5, 5.41) is 0. The van der Waals surface area contributed by atoms with Gasteiger partial charge in [-0.05, 0) is 13.3 Å². The number of hydrogen-bond acceptors (Lipinski definition) is 2. The summed E-state index contributed by atoms with van der Waals surface area (Å²) in [6.45, 7) is 6.33. The fourth-order valence-electron chi connectivity index (χ4n) is 2.12. The summed E-state index contributed by atoms with van der Waals surface area (Å²) in [6, 6.07) is 0. The number of ether oxygens (including phenoxy) is 1. The van der Waals surface area contributed by atoms with E-state index in [4.69, 9.17) is 4.74 Å². The van der Waals surface area contributed by atoms with E-state index in [2.05, 4.69) is 26.5 Å². The van der Waals surface area contributed by atoms with Gasteiger partial charge >= 0.3 is 5.97 Å². The largest absolute Gasteiger partial charge is 0.469 e. The van der Waals surface area contributed by atoms with Crippen molar-refractivity contribution in [3.8, 4) is 0 Å². The van der Waals surface area contributed by atoms with Crippen LogP contribution < -0.4 is 5.73 Å². The molecular formula is C10H20NO2+. The molecule has 0 aliphatic heterocycles. The lowest BCUT2D eigenvalue weighted by molar-refractivity contribution is -0.494. The van der Waals surface area contributed by atoms with Gasteiger partial charge in [-0.3, -0.25) is 4.79 Å². The van der Waals surface area contributed by atoms with Crippen LogP contribution in [0.25, 0.3) is 0 Å². The SMILES string of the molecule is COC(=O)[C@H]1CC[C@@](C)([NH3+])C1(C)C. The quantitative estimate of drug-likeness (QED) is 0.610. The number of hydrogen-bond donors (Lipinski definition) is 1. The molecule has 1 aliphatic carbocycles. The maximum atomic E-state index is 11.5. The van der Waals surface area contributed by atoms with Gasteiger partial charge in [-0.15, -0.1) is 0 Å². The van der Waals surface area contributed by atoms with E-state index in [0.29, 0.717) is 0 Å². The van der Waals surface area contributed by atoms with Crippen molar-refractivity contribution in [2.75, 3.05) is 7.11 Å². The van der Waals surface area contributed by atoms with Crippen LogP contribution in [0.2, 0.25) is 0 Å². The zero-order valence-electron chi connectivity index (χ0n) is 9.02. The minimum absolute atomic E-state index is 0.00808. The van der Waals surface area contributed by atoms with Gasteiger partial charge in [0, 0.05) is 11.8 Å². The molecule has 0 saturated heterocycles. The molecule has 0 radical (unpaired) electrons. The van der Waals surface area contributed by atoms with Crippen LogP contribution in [0.15, 0.2) is 0 Å². The Morgan fingerprint density at radius 3 is 2.31 bits per heavy atom. The van der Waals surface area contributed by atoms with E-state index in [1.165, 1.54) is 7.11 Å². The van der Waals surface area contributed by atoms with Gasteiger partial charge < -0.3 is 10.5 Å². The lowest BCUT2D eigenvalue weighted by Crippen LogP contribution is -2.76. The van der Waals surface area contributed by atoms with Gasteiger partial charge in [0.25, 0.3) is 0 Å². The Morgan fingerprint density at radius 1 is 1.46 bits per heavy atom. The van der Waals surface area contributed by atoms with E-state index in [0.717, 1.165) is 12.8 Å². The van der Waals surface area contributed by atoms with E-state index in [9.17, 15) is 4.79 Å². The highest BCUT2D eigenvalue weighted by atomic mass is 16.5. The Morgan fingerprint density at radius 2 is 2.00 bits per heavy atom. The van der Waals surface area contributed by atoms with Gasteiger partial charge in [0.1, 0.15) is 0 Å². The standard InChI is InChI=1S/C10H19NO2/c1-9(2)7(8(12)13-4)5-6-10(9,3)11/h7H,5-6,11H2,1-4H3/p+1/t7-,10-/m1/s1. The molecule has 0 unspecified atom stereocenters. The lowest BCUT2D eigenvalue weighted by Gasteiger charge is -2.34. The van der Waals surface area contributed by atoms with Crippen LogP contribution in [0.1, 0.15) is 33.6 Å². The first-order valence-corrected chi connectivity index (χ1v) is 4.76. The lowest BCUT2D eigenvalue weighted by atomic mass is 9.72. The highest BCUT2D eigenvalue weighted by Crippen LogP contribution is 2.47. The molecule has 1 saturated carbocycles. The van der Waals surface area contributed by atoms with Crippen LogP contribution in [0.3, 0.4) is 0 Å². The predicted octanol–water partition coefficient (Wildman–Crippen LogP) is 0.596. The van der Waals surface area contributed by atoms with Crippen molar-refractivity contribution in [3.05, 3.63) is 0 Å². The maximum absolute atomic E-state index is 11.5. The molecule has 13 heavy (non-hydrogen) atoms. The second-order valence-electron chi connectivity index (χ2n) is 4.90. The summed E-state index contributed by atoms with van der Waals surface area (Å²) >= 11 is 0. The molecule has 0 aromatic rings. The van der Waals surface area contributed by atoms with E-state index < -0.39 is 0 Å². The molecule has 76 valence electrons. The molecule has 1 rings (SSSR count). The topological polar surface area (TPSA) is 53.9 Å². The molecule has 0 aromatic heterocycles. The van der Waals surface area contributed by atoms with E-state index >= 15 is 0 Å². The molecular weight excluding hydrogens is 166 g/mol. The molecule has 1 fully saturated rings. The Balaban J connectivity index is 2.88. The Kier molecular flexibility index (Phi) is 2.41. The zero-order valence-corrected chi connectivity index (χ0v) is 9.02. The van der Waals surface area contributed by atoms with E-state index in [1.54, 1.807) is 0 Å². The fraction of sp³-hybridized carbons (Fsp3) is 0.900. The van der Waals surface area contributed by atoms with Crippen LogP contribution in [0.4, 0.5) is 0 Å². The van der Waals surface area contributed by atoms with Crippen LogP contribution in [-0.2, 0) is 9.53 Å². The maximum Gasteiger partial charge on any atom is 0.309 e. The van der Waals surface area contributed by atoms with Crippen molar-refractivity contribution in [1.82, 2.24) is 0 Å². The smallest absolute Gasteiger partial charge is 0.309 e. The second kappa shape index (κ2) is 2.98. The Labute approximate surface area is 79.6 Å². The van der Waals surface area contributed by atoms with Crippen molar-refractivity contribution >= 4 is 5.97 Å². The van der Waals surface area contributed by atoms with Gasteiger partial charge in [-0.25, -0.2) is 0 Å². The molecule has 0 amide bonds. The fourth-order valence-corrected chi connectivity index (χ4v) is 2.12. The number of esters is 1. The summed E-state index contributed by atoms with van der Waals surface area (Å²) < 4.78 is 4.80. The molecule has 3 N–H and O–H groups in total. The number of carbonyl (C=O) groups excluding carboxylic acids is 1. The minimum atomic E-state index is -0.0858. The first-order chi connectivity index (χ1) is 5.83. The minimum Gasteiger partial charge on any atom is -0.469 e. The molecule has 3 heteroatoms. The summed E-state index contributed by atoms with van der Waals surface area (Å²) in [7, 11) is 1.46. The molecule has 0 aromatic carbocycles. The highest BCUT2D eigenvalue weighted by molar-refractivity contribution is 5.74. The monoisotopic (exact) mass is 186 g/mol. The summed E-state index contributed by atoms with van der Waals surface area (Å²) in [4.78, 5) is 11.5. The molecule has 3 nitrogen and oxygen atoms in total. The average molecular weight is 186 g/mol. The van der Waals surface area contributed by atoms with Crippen molar-refractivity contribution < 1.29 is 15.3 Å². The Hall–Kier alpha value is -0.570. The van der Waals surface area contributed by atoms with E-state index in [-0.39, 0.29) is 22.8 Å². The van der Waals surface area contributed by atoms with Gasteiger partial charge in [0.05, 0.1) is 18.6 Å². The zero-order chi connectivity index (χ0) is 10.3. The number of rotatable bonds is 1. The summed E-state index contributed by atoms with van der Waals surface area (Å²) in [5.74, 6) is -0.0719. The molecule has 2 atom stereocenters. The highest BCUT2D eigenvalue weighted by Gasteiger charge is 2.55. The van der Waals surface area contributed by atoms with Gasteiger partial charge in [-0.1, -0.05) is 13.8 Å². The molecule has 1 aliphatic rings. The first kappa shape index (κ1) is 10.5. The third-order valence-corrected chi connectivity index (χ3v) is 3.90. The normalized spacial score (nSPS) is 37.5. The van der Waals surface area contributed by atoms with Crippen molar-refractivity contribution in [1.29, 1.82) is 0 Å². The predicted molar refractivity (Wildman–Crippen MR) is 49.8 cm³/mol. The van der Waals surface area contributed by atoms with Crippen LogP contribution >= 0.6 is 0 Å². The third-order valence-electron chi connectivity index (χ3n) is 3.90. The van der Waals surface area contributed by atoms with E-state index in [1.807, 2.05) is 0 Å². The summed E-state index contributed by atoms with van der Waals surface area (Å²) in [6.07, 6.45) is 1.90. The van der Waals surface area contributed by atoms with Crippen LogP contribution in [0, 0.1) is 11.3 Å². The van der Waals surface area contributed by atoms with Crippen LogP contribution in [0.5, 0.6) is 0 Å². The third kappa shape index (κ3) is 1.46. The van der Waals surface area contributed by atoms with Crippen molar-refractivity contribution in [2.24, 2.45) is 11.3 Å². The number of quaternary nitrogens is 1. The van der Waals surface area contributed by atoms with Crippen LogP contribution in [-0.4, -0.2) is 18.6 Å². The van der Waals surface area contributed by atoms with Gasteiger partial charge in [0.15, 0.2) is 0 Å². The number of methoxy groups -OCH3 is 1. The van der Waals surface area contributed by atoms with Gasteiger partial charge in [0.2, 0.25) is 0 Å². The molecule has 0 heterocycles. The number of carbonyl (C=O) groups is 1.